The van der Waals surface area contributed by atoms with E-state index in [1.807, 2.05) is 0 Å². The SMILES string of the molecule is COc1ccc(N)c(C2(C(=O)O)CCCC2)c1. The average molecular weight is 235 g/mol. The van der Waals surface area contributed by atoms with Crippen molar-refractivity contribution in [2.45, 2.75) is 31.1 Å². The van der Waals surface area contributed by atoms with E-state index in [-0.39, 0.29) is 0 Å². The quantitative estimate of drug-likeness (QED) is 0.787. The molecule has 0 atom stereocenters. The topological polar surface area (TPSA) is 72.5 Å². The Morgan fingerprint density at radius 1 is 1.41 bits per heavy atom. The summed E-state index contributed by atoms with van der Waals surface area (Å²) in [5.74, 6) is -0.128. The maximum Gasteiger partial charge on any atom is 0.314 e. The monoisotopic (exact) mass is 235 g/mol. The minimum absolute atomic E-state index is 0.537. The summed E-state index contributed by atoms with van der Waals surface area (Å²) in [4.78, 5) is 11.6. The van der Waals surface area contributed by atoms with Gasteiger partial charge < -0.3 is 15.6 Å². The summed E-state index contributed by atoms with van der Waals surface area (Å²) in [7, 11) is 1.57. The van der Waals surface area contributed by atoms with Crippen LogP contribution in [0.15, 0.2) is 18.2 Å². The Bertz CT molecular complexity index is 436. The predicted molar refractivity (Wildman–Crippen MR) is 65.2 cm³/mol. The second kappa shape index (κ2) is 4.28. The number of aliphatic carboxylic acids is 1. The molecule has 0 aromatic heterocycles. The van der Waals surface area contributed by atoms with Crippen molar-refractivity contribution in [2.75, 3.05) is 12.8 Å². The molecule has 0 radical (unpaired) electrons. The lowest BCUT2D eigenvalue weighted by atomic mass is 9.78. The Morgan fingerprint density at radius 3 is 2.59 bits per heavy atom. The van der Waals surface area contributed by atoms with Crippen LogP contribution in [0.5, 0.6) is 5.75 Å². The smallest absolute Gasteiger partial charge is 0.314 e. The summed E-state index contributed by atoms with van der Waals surface area (Å²) in [5.41, 5.74) is 6.34. The van der Waals surface area contributed by atoms with Gasteiger partial charge in [-0.2, -0.15) is 0 Å². The molecule has 1 aliphatic rings. The number of hydrogen-bond donors (Lipinski definition) is 2. The number of carboxylic acids is 1. The van der Waals surface area contributed by atoms with Gasteiger partial charge in [-0.25, -0.2) is 0 Å². The van der Waals surface area contributed by atoms with Gasteiger partial charge in [0.05, 0.1) is 12.5 Å². The van der Waals surface area contributed by atoms with Crippen LogP contribution in [0.25, 0.3) is 0 Å². The number of benzene rings is 1. The molecule has 17 heavy (non-hydrogen) atoms. The van der Waals surface area contributed by atoms with Gasteiger partial charge in [0, 0.05) is 5.69 Å². The van der Waals surface area contributed by atoms with Gasteiger partial charge in [0.1, 0.15) is 5.75 Å². The zero-order valence-electron chi connectivity index (χ0n) is 9.90. The number of ether oxygens (including phenoxy) is 1. The van der Waals surface area contributed by atoms with Gasteiger partial charge in [0.2, 0.25) is 0 Å². The molecule has 2 rings (SSSR count). The van der Waals surface area contributed by atoms with E-state index in [1.165, 1.54) is 0 Å². The van der Waals surface area contributed by atoms with Gasteiger partial charge in [-0.1, -0.05) is 12.8 Å². The number of hydrogen-bond acceptors (Lipinski definition) is 3. The molecule has 0 amide bonds. The Morgan fingerprint density at radius 2 is 2.06 bits per heavy atom. The third-order valence-electron chi connectivity index (χ3n) is 3.64. The molecule has 1 fully saturated rings. The van der Waals surface area contributed by atoms with Gasteiger partial charge in [0.25, 0.3) is 0 Å². The van der Waals surface area contributed by atoms with Crippen LogP contribution >= 0.6 is 0 Å². The maximum absolute atomic E-state index is 11.6. The largest absolute Gasteiger partial charge is 0.497 e. The number of nitrogen functional groups attached to an aromatic ring is 1. The number of carboxylic acid groups (broad SMARTS) is 1. The van der Waals surface area contributed by atoms with Crippen molar-refractivity contribution in [2.24, 2.45) is 0 Å². The number of methoxy groups -OCH3 is 1. The first-order valence-corrected chi connectivity index (χ1v) is 5.77. The molecule has 0 saturated heterocycles. The molecular weight excluding hydrogens is 218 g/mol. The van der Waals surface area contributed by atoms with Gasteiger partial charge in [-0.15, -0.1) is 0 Å². The van der Waals surface area contributed by atoms with E-state index >= 15 is 0 Å². The molecule has 92 valence electrons. The second-order valence-electron chi connectivity index (χ2n) is 4.55. The molecule has 0 aliphatic heterocycles. The summed E-state index contributed by atoms with van der Waals surface area (Å²) in [6.07, 6.45) is 3.17. The van der Waals surface area contributed by atoms with Crippen molar-refractivity contribution in [1.29, 1.82) is 0 Å². The highest BCUT2D eigenvalue weighted by Gasteiger charge is 2.44. The number of rotatable bonds is 3. The Hall–Kier alpha value is -1.71. The molecule has 0 spiro atoms. The van der Waals surface area contributed by atoms with Crippen molar-refractivity contribution < 1.29 is 14.6 Å². The molecule has 0 heterocycles. The van der Waals surface area contributed by atoms with E-state index in [0.29, 0.717) is 29.8 Å². The van der Waals surface area contributed by atoms with Crippen LogP contribution in [0.3, 0.4) is 0 Å². The number of nitrogens with two attached hydrogens (primary N) is 1. The molecule has 1 aliphatic carbocycles. The fraction of sp³-hybridized carbons (Fsp3) is 0.462. The normalized spacial score (nSPS) is 17.9. The van der Waals surface area contributed by atoms with Crippen LogP contribution in [0.2, 0.25) is 0 Å². The molecule has 1 aromatic carbocycles. The van der Waals surface area contributed by atoms with Gasteiger partial charge in [0.15, 0.2) is 0 Å². The lowest BCUT2D eigenvalue weighted by Crippen LogP contribution is -2.33. The molecule has 3 N–H and O–H groups in total. The van der Waals surface area contributed by atoms with E-state index in [2.05, 4.69) is 0 Å². The first-order valence-electron chi connectivity index (χ1n) is 5.77. The molecule has 1 aromatic rings. The van der Waals surface area contributed by atoms with E-state index in [0.717, 1.165) is 12.8 Å². The van der Waals surface area contributed by atoms with Gasteiger partial charge in [-0.3, -0.25) is 4.79 Å². The lowest BCUT2D eigenvalue weighted by Gasteiger charge is -2.26. The summed E-state index contributed by atoms with van der Waals surface area (Å²) >= 11 is 0. The Kier molecular flexibility index (Phi) is 2.96. The standard InChI is InChI=1S/C13H17NO3/c1-17-9-4-5-11(14)10(8-9)13(12(15)16)6-2-3-7-13/h4-5,8H,2-3,6-7,14H2,1H3,(H,15,16). The summed E-state index contributed by atoms with van der Waals surface area (Å²) in [6.45, 7) is 0. The summed E-state index contributed by atoms with van der Waals surface area (Å²) in [6, 6.07) is 5.23. The van der Waals surface area contributed by atoms with E-state index in [9.17, 15) is 9.90 Å². The third-order valence-corrected chi connectivity index (χ3v) is 3.64. The van der Waals surface area contributed by atoms with Crippen LogP contribution < -0.4 is 10.5 Å². The van der Waals surface area contributed by atoms with Crippen LogP contribution in [0, 0.1) is 0 Å². The van der Waals surface area contributed by atoms with E-state index < -0.39 is 11.4 Å². The van der Waals surface area contributed by atoms with Gasteiger partial charge in [-0.05, 0) is 36.6 Å². The maximum atomic E-state index is 11.6. The third kappa shape index (κ3) is 1.84. The highest BCUT2D eigenvalue weighted by Crippen LogP contribution is 2.44. The van der Waals surface area contributed by atoms with Crippen LogP contribution in [0.1, 0.15) is 31.2 Å². The number of anilines is 1. The first kappa shape index (κ1) is 11.8. The zero-order chi connectivity index (χ0) is 12.5. The fourth-order valence-corrected chi connectivity index (χ4v) is 2.65. The molecule has 0 unspecified atom stereocenters. The Balaban J connectivity index is 2.53. The molecular formula is C13H17NO3. The van der Waals surface area contributed by atoms with Crippen molar-refractivity contribution in [3.05, 3.63) is 23.8 Å². The lowest BCUT2D eigenvalue weighted by molar-refractivity contribution is -0.143. The predicted octanol–water partition coefficient (Wildman–Crippen LogP) is 2.17. The van der Waals surface area contributed by atoms with Crippen molar-refractivity contribution in [3.63, 3.8) is 0 Å². The molecule has 0 bridgehead atoms. The Labute approximate surface area is 100 Å². The van der Waals surface area contributed by atoms with Crippen LogP contribution in [0.4, 0.5) is 5.69 Å². The molecule has 4 heteroatoms. The summed E-state index contributed by atoms with van der Waals surface area (Å²) < 4.78 is 5.15. The van der Waals surface area contributed by atoms with E-state index in [1.54, 1.807) is 25.3 Å². The zero-order valence-corrected chi connectivity index (χ0v) is 9.90. The second-order valence-corrected chi connectivity index (χ2v) is 4.55. The highest BCUT2D eigenvalue weighted by atomic mass is 16.5. The fourth-order valence-electron chi connectivity index (χ4n) is 2.65. The van der Waals surface area contributed by atoms with Gasteiger partial charge >= 0.3 is 5.97 Å². The minimum Gasteiger partial charge on any atom is -0.497 e. The van der Waals surface area contributed by atoms with Crippen molar-refractivity contribution >= 4 is 11.7 Å². The minimum atomic E-state index is -0.821. The number of carbonyl (C=O) groups is 1. The molecule has 4 nitrogen and oxygen atoms in total. The van der Waals surface area contributed by atoms with Crippen molar-refractivity contribution in [1.82, 2.24) is 0 Å². The molecule has 1 saturated carbocycles. The first-order chi connectivity index (χ1) is 8.10. The van der Waals surface area contributed by atoms with E-state index in [4.69, 9.17) is 10.5 Å². The highest BCUT2D eigenvalue weighted by molar-refractivity contribution is 5.84. The average Bonchev–Trinajstić information content (AvgIpc) is 2.80. The van der Waals surface area contributed by atoms with Crippen LogP contribution in [-0.2, 0) is 10.2 Å². The summed E-state index contributed by atoms with van der Waals surface area (Å²) in [5, 5.41) is 9.51. The van der Waals surface area contributed by atoms with Crippen LogP contribution in [-0.4, -0.2) is 18.2 Å². The van der Waals surface area contributed by atoms with Crippen molar-refractivity contribution in [3.8, 4) is 5.75 Å².